The molecule has 8 rings (SSSR count). The third kappa shape index (κ3) is 9.60. The molecule has 336 valence electrons. The number of imide groups is 1. The maximum absolute atomic E-state index is 13.3. The molecule has 4 heterocycles. The number of hydrogen-bond donors (Lipinski definition) is 3. The van der Waals surface area contributed by atoms with Crippen molar-refractivity contribution in [1.29, 1.82) is 0 Å². The minimum absolute atomic E-state index is 0.190. The Morgan fingerprint density at radius 1 is 1.02 bits per heavy atom. The topological polar surface area (TPSA) is 166 Å². The number of pyridine rings is 1. The van der Waals surface area contributed by atoms with Gasteiger partial charge < -0.3 is 20.1 Å². The van der Waals surface area contributed by atoms with E-state index in [0.717, 1.165) is 98.6 Å². The highest BCUT2D eigenvalue weighted by Gasteiger charge is 2.35. The Hall–Kier alpha value is -5.39. The van der Waals surface area contributed by atoms with Crippen molar-refractivity contribution >= 4 is 45.3 Å². The van der Waals surface area contributed by atoms with Gasteiger partial charge in [0.25, 0.3) is 5.91 Å². The smallest absolute Gasteiger partial charge is 0.386 e. The number of aromatic nitrogens is 5. The number of aryl methyl sites for hydroxylation is 1. The fraction of sp³-hybridized carbons (Fsp3) is 0.522. The van der Waals surface area contributed by atoms with Gasteiger partial charge in [-0.15, -0.1) is 0 Å². The molecule has 3 aromatic heterocycles. The highest BCUT2D eigenvalue weighted by molar-refractivity contribution is 6.04. The zero-order valence-corrected chi connectivity index (χ0v) is 36.1. The van der Waals surface area contributed by atoms with Crippen LogP contribution in [0.5, 0.6) is 0 Å². The number of ether oxygens (including phenoxy) is 1. The molecule has 1 saturated heterocycles. The summed E-state index contributed by atoms with van der Waals surface area (Å²) in [7, 11) is 3.90. The maximum Gasteiger partial charge on any atom is 0.433 e. The van der Waals surface area contributed by atoms with Crippen LogP contribution >= 0.6 is 0 Å². The molecule has 1 atom stereocenters. The molecule has 2 aliphatic carbocycles. The third-order valence-electron chi connectivity index (χ3n) is 13.0. The molecule has 2 aromatic carbocycles. The molecule has 0 radical (unpaired) electrons. The first-order chi connectivity index (χ1) is 29.9. The fourth-order valence-corrected chi connectivity index (χ4v) is 9.70. The minimum Gasteiger partial charge on any atom is -0.386 e. The van der Waals surface area contributed by atoms with Crippen LogP contribution in [0.1, 0.15) is 111 Å². The van der Waals surface area contributed by atoms with Crippen LogP contribution in [0.3, 0.4) is 0 Å². The Balaban J connectivity index is 0.779. The lowest BCUT2D eigenvalue weighted by Crippen LogP contribution is -2.44. The predicted molar refractivity (Wildman–Crippen MR) is 230 cm³/mol. The average molecular weight is 873 g/mol. The number of rotatable bonds is 14. The number of nitrogens with one attached hydrogen (secondary N) is 2. The van der Waals surface area contributed by atoms with Crippen LogP contribution in [0, 0.1) is 11.8 Å². The fourth-order valence-electron chi connectivity index (χ4n) is 9.70. The number of piperidine rings is 1. The quantitative estimate of drug-likeness (QED) is 0.0819. The zero-order chi connectivity index (χ0) is 44.8. The summed E-state index contributed by atoms with van der Waals surface area (Å²) in [6.07, 6.45) is 5.66. The molecular formula is C46H55F3N8O6. The van der Waals surface area contributed by atoms with Gasteiger partial charge in [-0.1, -0.05) is 18.2 Å². The molecule has 0 spiro atoms. The first kappa shape index (κ1) is 44.2. The van der Waals surface area contributed by atoms with Crippen molar-refractivity contribution in [3.63, 3.8) is 0 Å². The van der Waals surface area contributed by atoms with Crippen molar-refractivity contribution in [2.24, 2.45) is 18.9 Å². The van der Waals surface area contributed by atoms with E-state index in [2.05, 4.69) is 33.6 Å². The molecule has 14 nitrogen and oxygen atoms in total. The number of nitrogens with zero attached hydrogens (tertiary/aromatic N) is 6. The number of fused-ring (bicyclic) bond motifs is 2. The number of hydrogen-bond acceptors (Lipinski definition) is 9. The number of carbonyl (C=O) groups is 3. The van der Waals surface area contributed by atoms with Crippen LogP contribution < -0.4 is 16.3 Å². The van der Waals surface area contributed by atoms with Crippen molar-refractivity contribution in [2.75, 3.05) is 32.1 Å². The van der Waals surface area contributed by atoms with Crippen molar-refractivity contribution in [1.82, 2.24) is 34.1 Å². The van der Waals surface area contributed by atoms with Gasteiger partial charge in [-0.05, 0) is 126 Å². The summed E-state index contributed by atoms with van der Waals surface area (Å²) < 4.78 is 51.1. The molecule has 63 heavy (non-hydrogen) atoms. The van der Waals surface area contributed by atoms with E-state index in [4.69, 9.17) is 9.84 Å². The van der Waals surface area contributed by atoms with Gasteiger partial charge in [0.05, 0.1) is 34.3 Å². The summed E-state index contributed by atoms with van der Waals surface area (Å²) in [5.74, 6) is -0.556. The Bertz CT molecular complexity index is 2580. The van der Waals surface area contributed by atoms with Crippen molar-refractivity contribution in [3.8, 4) is 0 Å². The minimum atomic E-state index is -4.69. The Labute approximate surface area is 362 Å². The number of carbonyl (C=O) groups excluding carboxylic acids is 3. The predicted octanol–water partition coefficient (Wildman–Crippen LogP) is 6.65. The first-order valence-corrected chi connectivity index (χ1v) is 21.9. The summed E-state index contributed by atoms with van der Waals surface area (Å²) in [6.45, 7) is 5.78. The monoisotopic (exact) mass is 872 g/mol. The van der Waals surface area contributed by atoms with Crippen LogP contribution in [0.4, 0.5) is 18.9 Å². The second-order valence-electron chi connectivity index (χ2n) is 18.3. The second kappa shape index (κ2) is 17.6. The molecule has 2 saturated carbocycles. The Morgan fingerprint density at radius 3 is 2.48 bits per heavy atom. The van der Waals surface area contributed by atoms with E-state index in [1.54, 1.807) is 37.6 Å². The van der Waals surface area contributed by atoms with E-state index >= 15 is 0 Å². The Morgan fingerprint density at radius 2 is 1.76 bits per heavy atom. The largest absolute Gasteiger partial charge is 0.433 e. The SMILES string of the molecule is CN(CCCOC1CC(Cc2cccc3c2n(C)c(=O)n3C2CCC(=O)NC2=O)C1)CC1CCC(n2cc3cc(NC(=O)c4cccc(C(F)(F)F)n4)c(C(C)(C)O)cc3n2)CC1. The zero-order valence-electron chi connectivity index (χ0n) is 36.1. The molecule has 3 fully saturated rings. The standard InChI is InChI=1S/C46H55F3N8O6/c1-45(2,62)33-24-35-30(23-36(33)51-42(59)34-9-6-11-39(50-34)46(47,48)49)26-56(53-35)31-14-12-27(13-15-31)25-54(3)18-7-19-63-32-21-28(22-32)20-29-8-5-10-37-41(29)55(4)44(61)57(37)38-16-17-40(58)52-43(38)60/h5-6,8-11,23-24,26-28,31-32,38,62H,7,12-22,25H2,1-4H3,(H,51,59)(H,52,58,60). The summed E-state index contributed by atoms with van der Waals surface area (Å²) in [6, 6.07) is 11.9. The van der Waals surface area contributed by atoms with Crippen LogP contribution in [0.25, 0.3) is 21.9 Å². The molecule has 3 amide bonds. The number of alkyl halides is 3. The van der Waals surface area contributed by atoms with E-state index in [1.807, 2.05) is 23.0 Å². The summed E-state index contributed by atoms with van der Waals surface area (Å²) in [4.78, 5) is 56.6. The summed E-state index contributed by atoms with van der Waals surface area (Å²) in [5, 5.41) is 21.6. The molecule has 3 aliphatic rings. The molecule has 5 aromatic rings. The maximum atomic E-state index is 13.3. The van der Waals surface area contributed by atoms with Gasteiger partial charge in [-0.3, -0.25) is 33.5 Å². The van der Waals surface area contributed by atoms with Crippen LogP contribution in [0.15, 0.2) is 59.5 Å². The second-order valence-corrected chi connectivity index (χ2v) is 18.3. The van der Waals surface area contributed by atoms with Gasteiger partial charge in [0.2, 0.25) is 11.8 Å². The number of aliphatic hydroxyl groups is 1. The molecule has 1 unspecified atom stereocenters. The van der Waals surface area contributed by atoms with Crippen molar-refractivity contribution in [3.05, 3.63) is 87.7 Å². The van der Waals surface area contributed by atoms with Crippen LogP contribution in [-0.4, -0.2) is 84.5 Å². The molecule has 1 aliphatic heterocycles. The van der Waals surface area contributed by atoms with Crippen molar-refractivity contribution < 1.29 is 37.4 Å². The van der Waals surface area contributed by atoms with E-state index < -0.39 is 35.3 Å². The summed E-state index contributed by atoms with van der Waals surface area (Å²) in [5.41, 5.74) is 0.755. The van der Waals surface area contributed by atoms with Gasteiger partial charge in [-0.25, -0.2) is 9.78 Å². The number of amides is 3. The van der Waals surface area contributed by atoms with Gasteiger partial charge in [0, 0.05) is 56.0 Å². The number of anilines is 1. The van der Waals surface area contributed by atoms with E-state index in [-0.39, 0.29) is 41.5 Å². The average Bonchev–Trinajstić information content (AvgIpc) is 3.75. The van der Waals surface area contributed by atoms with Crippen molar-refractivity contribution in [2.45, 2.75) is 108 Å². The van der Waals surface area contributed by atoms with Gasteiger partial charge in [-0.2, -0.15) is 18.3 Å². The van der Waals surface area contributed by atoms with E-state index in [1.165, 1.54) is 10.6 Å². The van der Waals surface area contributed by atoms with Crippen LogP contribution in [0.2, 0.25) is 0 Å². The van der Waals surface area contributed by atoms with Gasteiger partial charge >= 0.3 is 11.9 Å². The molecule has 3 N–H and O–H groups in total. The number of benzene rings is 2. The number of para-hydroxylation sites is 1. The molecule has 17 heteroatoms. The van der Waals surface area contributed by atoms with E-state index in [0.29, 0.717) is 35.9 Å². The van der Waals surface area contributed by atoms with Crippen LogP contribution in [-0.2, 0) is 39.6 Å². The third-order valence-corrected chi connectivity index (χ3v) is 13.0. The molecule has 0 bridgehead atoms. The van der Waals surface area contributed by atoms with Gasteiger partial charge in [0.1, 0.15) is 17.4 Å². The first-order valence-electron chi connectivity index (χ1n) is 21.9. The van der Waals surface area contributed by atoms with E-state index in [9.17, 15) is 37.5 Å². The lowest BCUT2D eigenvalue weighted by molar-refractivity contribution is -0.141. The number of halogens is 3. The summed E-state index contributed by atoms with van der Waals surface area (Å²) >= 11 is 0. The lowest BCUT2D eigenvalue weighted by Gasteiger charge is -2.35. The Kier molecular flexibility index (Phi) is 12.4. The molecular weight excluding hydrogens is 818 g/mol. The van der Waals surface area contributed by atoms with Gasteiger partial charge in [0.15, 0.2) is 0 Å². The normalized spacial score (nSPS) is 22.1. The highest BCUT2D eigenvalue weighted by Crippen LogP contribution is 2.38. The lowest BCUT2D eigenvalue weighted by atomic mass is 9.78. The highest BCUT2D eigenvalue weighted by atomic mass is 19.4. The number of imidazole rings is 1.